The molecule has 9 heteroatoms. The molecule has 224 valence electrons. The van der Waals surface area contributed by atoms with E-state index in [1.165, 1.54) is 64.7 Å². The Hall–Kier alpha value is -1.07. The van der Waals surface area contributed by atoms with E-state index in [0.29, 0.717) is 6.61 Å². The predicted molar refractivity (Wildman–Crippen MR) is 147 cm³/mol. The van der Waals surface area contributed by atoms with Crippen LogP contribution in [0.1, 0.15) is 110 Å². The Morgan fingerprint density at radius 1 is 0.974 bits per heavy atom. The zero-order valence-electron chi connectivity index (χ0n) is 23.7. The maximum Gasteiger partial charge on any atom is 0.217 e. The Kier molecular flexibility index (Phi) is 19.1. The van der Waals surface area contributed by atoms with E-state index in [2.05, 4.69) is 24.4 Å². The van der Waals surface area contributed by atoms with Crippen LogP contribution >= 0.6 is 0 Å². The van der Waals surface area contributed by atoms with Crippen LogP contribution in [0, 0.1) is 0 Å². The molecular weight excluding hydrogens is 490 g/mol. The zero-order valence-corrected chi connectivity index (χ0v) is 23.7. The molecule has 6 atom stereocenters. The van der Waals surface area contributed by atoms with Crippen LogP contribution in [0.3, 0.4) is 0 Å². The summed E-state index contributed by atoms with van der Waals surface area (Å²) in [5, 5.41) is 52.8. The number of amides is 1. The molecule has 9 nitrogen and oxygen atoms in total. The van der Waals surface area contributed by atoms with E-state index in [9.17, 15) is 30.3 Å². The highest BCUT2D eigenvalue weighted by molar-refractivity contribution is 5.73. The second-order valence-electron chi connectivity index (χ2n) is 10.7. The molecule has 1 fully saturated rings. The van der Waals surface area contributed by atoms with Crippen molar-refractivity contribution in [3.63, 3.8) is 0 Å². The number of nitrogens with one attached hydrogen (secondary N) is 1. The van der Waals surface area contributed by atoms with Crippen molar-refractivity contribution in [3.05, 3.63) is 12.2 Å². The van der Waals surface area contributed by atoms with E-state index in [4.69, 9.17) is 9.47 Å². The number of unbranched alkanes of at least 4 members (excludes halogenated alkanes) is 12. The Morgan fingerprint density at radius 2 is 1.53 bits per heavy atom. The van der Waals surface area contributed by atoms with E-state index in [-0.39, 0.29) is 6.42 Å². The van der Waals surface area contributed by atoms with Crippen molar-refractivity contribution in [2.24, 2.45) is 0 Å². The average Bonchev–Trinajstić information content (AvgIpc) is 2.90. The van der Waals surface area contributed by atoms with Gasteiger partial charge in [0.05, 0.1) is 32.0 Å². The number of hydrogen-bond acceptors (Lipinski definition) is 8. The number of allylic oxidation sites excluding steroid dienone is 2. The summed E-state index contributed by atoms with van der Waals surface area (Å²) < 4.78 is 11.7. The van der Waals surface area contributed by atoms with E-state index in [1.807, 2.05) is 0 Å². The molecule has 0 aromatic rings. The fourth-order valence-corrected chi connectivity index (χ4v) is 4.90. The van der Waals surface area contributed by atoms with Crippen LogP contribution in [0.25, 0.3) is 0 Å². The summed E-state index contributed by atoms with van der Waals surface area (Å²) in [6.07, 6.45) is 15.6. The summed E-state index contributed by atoms with van der Waals surface area (Å²) in [4.78, 5) is 11.6. The van der Waals surface area contributed by atoms with Gasteiger partial charge in [-0.25, -0.2) is 0 Å². The lowest BCUT2D eigenvalue weighted by Gasteiger charge is -2.48. The van der Waals surface area contributed by atoms with Gasteiger partial charge in [0.15, 0.2) is 5.79 Å². The minimum Gasteiger partial charge on any atom is -0.394 e. The molecule has 0 aromatic heterocycles. The Bertz CT molecular complexity index is 634. The molecule has 1 heterocycles. The number of carbonyl (C=O) groups excluding carboxylic acids is 1. The summed E-state index contributed by atoms with van der Waals surface area (Å²) in [5.41, 5.74) is 0. The molecule has 1 saturated heterocycles. The molecule has 6 N–H and O–H groups in total. The van der Waals surface area contributed by atoms with Gasteiger partial charge in [-0.05, 0) is 32.1 Å². The summed E-state index contributed by atoms with van der Waals surface area (Å²) in [5.74, 6) is -2.02. The van der Waals surface area contributed by atoms with Crippen LogP contribution in [-0.4, -0.2) is 87.5 Å². The summed E-state index contributed by atoms with van der Waals surface area (Å²) in [6.45, 7) is 2.50. The van der Waals surface area contributed by atoms with Gasteiger partial charge in [0, 0.05) is 13.3 Å². The molecule has 0 aromatic carbocycles. The molecule has 0 aliphatic carbocycles. The first-order valence-corrected chi connectivity index (χ1v) is 14.8. The van der Waals surface area contributed by atoms with Crippen LogP contribution in [0.5, 0.6) is 0 Å². The number of aliphatic hydroxyl groups is 5. The second kappa shape index (κ2) is 20.8. The Morgan fingerprint density at radius 3 is 2.05 bits per heavy atom. The van der Waals surface area contributed by atoms with E-state index < -0.39 is 55.4 Å². The molecule has 38 heavy (non-hydrogen) atoms. The van der Waals surface area contributed by atoms with Gasteiger partial charge in [-0.3, -0.25) is 4.79 Å². The van der Waals surface area contributed by atoms with Gasteiger partial charge in [-0.1, -0.05) is 76.9 Å². The number of aliphatic hydroxyl groups excluding tert-OH is 5. The third-order valence-corrected chi connectivity index (χ3v) is 7.19. The largest absolute Gasteiger partial charge is 0.394 e. The van der Waals surface area contributed by atoms with Crippen molar-refractivity contribution >= 4 is 5.91 Å². The minimum atomic E-state index is -1.60. The highest BCUT2D eigenvalue weighted by Gasteiger charge is 2.51. The van der Waals surface area contributed by atoms with Crippen molar-refractivity contribution in [1.82, 2.24) is 5.32 Å². The van der Waals surface area contributed by atoms with Gasteiger partial charge in [-0.2, -0.15) is 0 Å². The fraction of sp³-hybridized carbons (Fsp3) is 0.897. The lowest BCUT2D eigenvalue weighted by Crippen LogP contribution is -2.67. The normalized spacial score (nSPS) is 25.5. The molecule has 0 spiro atoms. The molecule has 1 rings (SSSR count). The first kappa shape index (κ1) is 35.0. The lowest BCUT2D eigenvalue weighted by molar-refractivity contribution is -0.330. The summed E-state index contributed by atoms with van der Waals surface area (Å²) in [7, 11) is 0. The van der Waals surface area contributed by atoms with Crippen molar-refractivity contribution in [2.45, 2.75) is 146 Å². The average molecular weight is 546 g/mol. The van der Waals surface area contributed by atoms with E-state index >= 15 is 0 Å². The monoisotopic (exact) mass is 545 g/mol. The Labute approximate surface area is 229 Å². The molecular formula is C29H55NO8. The number of carbonyl (C=O) groups is 1. The molecule has 0 bridgehead atoms. The molecule has 0 saturated carbocycles. The van der Waals surface area contributed by atoms with E-state index in [0.717, 1.165) is 32.1 Å². The van der Waals surface area contributed by atoms with Crippen molar-refractivity contribution < 1.29 is 39.8 Å². The van der Waals surface area contributed by atoms with Gasteiger partial charge >= 0.3 is 0 Å². The van der Waals surface area contributed by atoms with Crippen LogP contribution in [0.15, 0.2) is 12.2 Å². The molecule has 0 radical (unpaired) electrons. The molecule has 1 amide bonds. The highest BCUT2D eigenvalue weighted by Crippen LogP contribution is 2.33. The molecule has 1 aliphatic rings. The summed E-state index contributed by atoms with van der Waals surface area (Å²) >= 11 is 0. The molecule has 1 aliphatic heterocycles. The SMILES string of the molecule is CCCCCCCC/C=C\CCCCCCCCO[C@]1(CO)C[C@H](O)[C@@H](NC(C)=O)[C@H]([C@H](O)[C@H](O)CO)O1. The second-order valence-corrected chi connectivity index (χ2v) is 10.7. The van der Waals surface area contributed by atoms with Gasteiger partial charge < -0.3 is 40.3 Å². The topological polar surface area (TPSA) is 149 Å². The maximum atomic E-state index is 11.6. The quantitative estimate of drug-likeness (QED) is 0.0898. The van der Waals surface area contributed by atoms with Crippen LogP contribution < -0.4 is 5.32 Å². The smallest absolute Gasteiger partial charge is 0.217 e. The van der Waals surface area contributed by atoms with Gasteiger partial charge in [-0.15, -0.1) is 0 Å². The first-order chi connectivity index (χ1) is 18.3. The maximum absolute atomic E-state index is 11.6. The molecule has 0 unspecified atom stereocenters. The van der Waals surface area contributed by atoms with Gasteiger partial charge in [0.2, 0.25) is 5.91 Å². The van der Waals surface area contributed by atoms with Crippen LogP contribution in [-0.2, 0) is 14.3 Å². The minimum absolute atomic E-state index is 0.112. The van der Waals surface area contributed by atoms with Gasteiger partial charge in [0.1, 0.15) is 18.3 Å². The number of ether oxygens (including phenoxy) is 2. The van der Waals surface area contributed by atoms with E-state index in [1.54, 1.807) is 0 Å². The zero-order chi connectivity index (χ0) is 28.2. The van der Waals surface area contributed by atoms with Crippen molar-refractivity contribution in [1.29, 1.82) is 0 Å². The van der Waals surface area contributed by atoms with Gasteiger partial charge in [0.25, 0.3) is 0 Å². The number of hydrogen-bond donors (Lipinski definition) is 6. The van der Waals surface area contributed by atoms with Crippen LogP contribution in [0.4, 0.5) is 0 Å². The van der Waals surface area contributed by atoms with Crippen molar-refractivity contribution in [3.8, 4) is 0 Å². The standard InChI is InChI=1S/C29H55NO8/c1-3-4-5-6-7-8-9-10-11-12-13-14-15-16-17-18-19-37-29(22-32)20-24(34)26(30-23(2)33)28(38-29)27(36)25(35)21-31/h10-11,24-28,31-32,34-36H,3-9,12-22H2,1-2H3,(H,30,33)/b11-10-/t24-,25+,26+,27+,28+,29+/m0/s1. The first-order valence-electron chi connectivity index (χ1n) is 14.8. The predicted octanol–water partition coefficient (Wildman–Crippen LogP) is 3.10. The third-order valence-electron chi connectivity index (χ3n) is 7.19. The van der Waals surface area contributed by atoms with Crippen molar-refractivity contribution in [2.75, 3.05) is 19.8 Å². The third kappa shape index (κ3) is 13.8. The highest BCUT2D eigenvalue weighted by atomic mass is 16.7. The fourth-order valence-electron chi connectivity index (χ4n) is 4.90. The Balaban J connectivity index is 2.29. The summed E-state index contributed by atoms with van der Waals surface area (Å²) in [6, 6.07) is -1.03. The lowest BCUT2D eigenvalue weighted by atomic mass is 9.88. The van der Waals surface area contributed by atoms with Crippen LogP contribution in [0.2, 0.25) is 0 Å². The number of rotatable bonds is 22.